The standard InChI is InChI=1S/C25H48O6/c1-3-4-5-6-7-8-9-10-11-12-13-14-15-16-17-18-21-29-19-20-24(31-21)22(26)23(27)25(28-2)30-20/h20-27H,3-19H2,1-2H3. The largest absolute Gasteiger partial charge is 0.387 e. The maximum Gasteiger partial charge on any atom is 0.186 e. The lowest BCUT2D eigenvalue weighted by Gasteiger charge is -2.45. The highest BCUT2D eigenvalue weighted by atomic mass is 16.7. The summed E-state index contributed by atoms with van der Waals surface area (Å²) in [6.45, 7) is 2.63. The maximum atomic E-state index is 10.3. The van der Waals surface area contributed by atoms with Gasteiger partial charge in [0.25, 0.3) is 0 Å². The number of aliphatic hydroxyl groups is 2. The lowest BCUT2D eigenvalue weighted by molar-refractivity contribution is -0.356. The topological polar surface area (TPSA) is 77.4 Å². The average Bonchev–Trinajstić information content (AvgIpc) is 2.79. The van der Waals surface area contributed by atoms with Gasteiger partial charge in [0.05, 0.1) is 6.61 Å². The zero-order valence-electron chi connectivity index (χ0n) is 20.0. The van der Waals surface area contributed by atoms with Crippen molar-refractivity contribution in [3.63, 3.8) is 0 Å². The minimum atomic E-state index is -1.10. The van der Waals surface area contributed by atoms with Crippen molar-refractivity contribution in [3.8, 4) is 0 Å². The molecule has 2 aliphatic rings. The van der Waals surface area contributed by atoms with Crippen molar-refractivity contribution >= 4 is 0 Å². The Kier molecular flexibility index (Phi) is 14.3. The number of hydrogen-bond acceptors (Lipinski definition) is 6. The highest BCUT2D eigenvalue weighted by molar-refractivity contribution is 4.92. The molecule has 2 saturated heterocycles. The van der Waals surface area contributed by atoms with Crippen LogP contribution >= 0.6 is 0 Å². The third kappa shape index (κ3) is 10.1. The number of ether oxygens (including phenoxy) is 4. The van der Waals surface area contributed by atoms with Crippen LogP contribution in [0.25, 0.3) is 0 Å². The second-order valence-corrected chi connectivity index (χ2v) is 9.36. The number of aliphatic hydroxyl groups excluding tert-OH is 2. The summed E-state index contributed by atoms with van der Waals surface area (Å²) in [6, 6.07) is 0. The summed E-state index contributed by atoms with van der Waals surface area (Å²) in [6.07, 6.45) is 16.7. The van der Waals surface area contributed by atoms with Gasteiger partial charge in [-0.3, -0.25) is 0 Å². The van der Waals surface area contributed by atoms with Crippen molar-refractivity contribution in [1.29, 1.82) is 0 Å². The molecule has 0 amide bonds. The van der Waals surface area contributed by atoms with E-state index in [2.05, 4.69) is 6.92 Å². The quantitative estimate of drug-likeness (QED) is 0.305. The molecule has 2 N–H and O–H groups in total. The second-order valence-electron chi connectivity index (χ2n) is 9.36. The van der Waals surface area contributed by atoms with E-state index in [0.717, 1.165) is 12.8 Å². The van der Waals surface area contributed by atoms with E-state index in [-0.39, 0.29) is 6.29 Å². The fourth-order valence-corrected chi connectivity index (χ4v) is 4.65. The first-order valence-corrected chi connectivity index (χ1v) is 13.0. The molecule has 6 unspecified atom stereocenters. The first kappa shape index (κ1) is 27.0. The van der Waals surface area contributed by atoms with Gasteiger partial charge >= 0.3 is 0 Å². The fourth-order valence-electron chi connectivity index (χ4n) is 4.65. The fraction of sp³-hybridized carbons (Fsp3) is 1.00. The van der Waals surface area contributed by atoms with Gasteiger partial charge in [0.2, 0.25) is 0 Å². The van der Waals surface area contributed by atoms with Gasteiger partial charge in [-0.2, -0.15) is 0 Å². The van der Waals surface area contributed by atoms with Crippen molar-refractivity contribution < 1.29 is 29.2 Å². The zero-order chi connectivity index (χ0) is 22.3. The highest BCUT2D eigenvalue weighted by Gasteiger charge is 2.48. The number of hydrogen-bond donors (Lipinski definition) is 2. The van der Waals surface area contributed by atoms with Crippen LogP contribution in [0.5, 0.6) is 0 Å². The van der Waals surface area contributed by atoms with Crippen molar-refractivity contribution in [2.45, 2.75) is 147 Å². The van der Waals surface area contributed by atoms with E-state index in [1.54, 1.807) is 0 Å². The van der Waals surface area contributed by atoms with E-state index >= 15 is 0 Å². The minimum absolute atomic E-state index is 0.326. The van der Waals surface area contributed by atoms with E-state index in [1.165, 1.54) is 97.0 Å². The number of unbranched alkanes of at least 4 members (excludes halogenated alkanes) is 14. The van der Waals surface area contributed by atoms with Crippen molar-refractivity contribution in [2.24, 2.45) is 0 Å². The van der Waals surface area contributed by atoms with Gasteiger partial charge in [0, 0.05) is 7.11 Å². The van der Waals surface area contributed by atoms with Crippen molar-refractivity contribution in [2.75, 3.05) is 13.7 Å². The molecule has 0 saturated carbocycles. The Morgan fingerprint density at radius 1 is 0.710 bits per heavy atom. The molecule has 2 heterocycles. The van der Waals surface area contributed by atoms with Crippen LogP contribution in [-0.4, -0.2) is 60.9 Å². The monoisotopic (exact) mass is 444 g/mol. The normalized spacial score (nSPS) is 31.0. The van der Waals surface area contributed by atoms with Crippen LogP contribution in [-0.2, 0) is 18.9 Å². The Bertz CT molecular complexity index is 432. The number of methoxy groups -OCH3 is 1. The zero-order valence-corrected chi connectivity index (χ0v) is 20.0. The average molecular weight is 445 g/mol. The molecular weight excluding hydrogens is 396 g/mol. The predicted octanol–water partition coefficient (Wildman–Crippen LogP) is 5.08. The van der Waals surface area contributed by atoms with Crippen molar-refractivity contribution in [3.05, 3.63) is 0 Å². The molecule has 0 aliphatic carbocycles. The lowest BCUT2D eigenvalue weighted by Crippen LogP contribution is -2.63. The molecule has 0 aromatic rings. The van der Waals surface area contributed by atoms with E-state index in [4.69, 9.17) is 18.9 Å². The van der Waals surface area contributed by atoms with Gasteiger partial charge in [-0.1, -0.05) is 96.8 Å². The summed E-state index contributed by atoms with van der Waals surface area (Å²) in [4.78, 5) is 0. The minimum Gasteiger partial charge on any atom is -0.387 e. The summed E-state index contributed by atoms with van der Waals surface area (Å²) in [5.74, 6) is 0. The van der Waals surface area contributed by atoms with Crippen LogP contribution in [0.1, 0.15) is 110 Å². The molecule has 2 fully saturated rings. The summed E-state index contributed by atoms with van der Waals surface area (Å²) in [7, 11) is 1.45. The van der Waals surface area contributed by atoms with E-state index in [0.29, 0.717) is 6.61 Å². The molecule has 0 bridgehead atoms. The molecule has 6 heteroatoms. The molecule has 31 heavy (non-hydrogen) atoms. The first-order valence-electron chi connectivity index (χ1n) is 13.0. The molecule has 0 aromatic heterocycles. The Labute approximate surface area is 190 Å². The summed E-state index contributed by atoms with van der Waals surface area (Å²) in [5.41, 5.74) is 0. The molecule has 6 nitrogen and oxygen atoms in total. The van der Waals surface area contributed by atoms with Gasteiger partial charge in [-0.15, -0.1) is 0 Å². The van der Waals surface area contributed by atoms with Gasteiger partial charge in [0.1, 0.15) is 24.4 Å². The van der Waals surface area contributed by atoms with E-state index < -0.39 is 30.7 Å². The van der Waals surface area contributed by atoms with Crippen LogP contribution in [0.2, 0.25) is 0 Å². The van der Waals surface area contributed by atoms with E-state index in [1.807, 2.05) is 0 Å². The third-order valence-electron chi connectivity index (χ3n) is 6.67. The lowest BCUT2D eigenvalue weighted by atomic mass is 9.98. The second kappa shape index (κ2) is 16.4. The molecule has 6 atom stereocenters. The van der Waals surface area contributed by atoms with Crippen LogP contribution < -0.4 is 0 Å². The van der Waals surface area contributed by atoms with Crippen molar-refractivity contribution in [1.82, 2.24) is 0 Å². The van der Waals surface area contributed by atoms with E-state index in [9.17, 15) is 10.2 Å². The molecule has 0 spiro atoms. The van der Waals surface area contributed by atoms with Gasteiger partial charge in [-0.05, 0) is 12.8 Å². The van der Waals surface area contributed by atoms with Crippen LogP contribution in [0.4, 0.5) is 0 Å². The Balaban J connectivity index is 1.40. The molecule has 2 rings (SSSR count). The van der Waals surface area contributed by atoms with Gasteiger partial charge in [0.15, 0.2) is 12.6 Å². The maximum absolute atomic E-state index is 10.3. The van der Waals surface area contributed by atoms with Crippen LogP contribution in [0.15, 0.2) is 0 Å². The first-order chi connectivity index (χ1) is 15.2. The number of rotatable bonds is 17. The predicted molar refractivity (Wildman–Crippen MR) is 122 cm³/mol. The Morgan fingerprint density at radius 3 is 1.74 bits per heavy atom. The molecule has 0 radical (unpaired) electrons. The summed E-state index contributed by atoms with van der Waals surface area (Å²) < 4.78 is 22.3. The van der Waals surface area contributed by atoms with Crippen LogP contribution in [0.3, 0.4) is 0 Å². The summed E-state index contributed by atoms with van der Waals surface area (Å²) in [5, 5.41) is 20.4. The molecule has 2 aliphatic heterocycles. The third-order valence-corrected chi connectivity index (χ3v) is 6.67. The molecule has 0 aromatic carbocycles. The number of fused-ring (bicyclic) bond motifs is 1. The van der Waals surface area contributed by atoms with Crippen LogP contribution in [0, 0.1) is 0 Å². The SMILES string of the molecule is CCCCCCCCCCCCCCCCCC1OCC2OC(OC)C(O)C(O)C2O1. The molecular formula is C25H48O6. The Hall–Kier alpha value is -0.240. The summed E-state index contributed by atoms with van der Waals surface area (Å²) >= 11 is 0. The smallest absolute Gasteiger partial charge is 0.186 e. The highest BCUT2D eigenvalue weighted by Crippen LogP contribution is 2.30. The van der Waals surface area contributed by atoms with Gasteiger partial charge < -0.3 is 29.2 Å². The molecule has 184 valence electrons. The van der Waals surface area contributed by atoms with Gasteiger partial charge in [-0.25, -0.2) is 0 Å². The Morgan fingerprint density at radius 2 is 1.23 bits per heavy atom.